The molecule has 0 aliphatic carbocycles. The van der Waals surface area contributed by atoms with Gasteiger partial charge in [-0.05, 0) is 86.0 Å². The average molecular weight is 435 g/mol. The molecule has 5 nitrogen and oxygen atoms in total. The van der Waals surface area contributed by atoms with E-state index in [0.29, 0.717) is 27.8 Å². The van der Waals surface area contributed by atoms with Crippen LogP contribution in [0.15, 0.2) is 60.7 Å². The van der Waals surface area contributed by atoms with Gasteiger partial charge in [0, 0.05) is 16.3 Å². The molecule has 7 heteroatoms. The summed E-state index contributed by atoms with van der Waals surface area (Å²) >= 11 is 6.20. The first kappa shape index (κ1) is 20.8. The van der Waals surface area contributed by atoms with E-state index >= 15 is 0 Å². The van der Waals surface area contributed by atoms with Gasteiger partial charge < -0.3 is 5.32 Å². The predicted octanol–water partition coefficient (Wildman–Crippen LogP) is 5.90. The zero-order chi connectivity index (χ0) is 22.1. The summed E-state index contributed by atoms with van der Waals surface area (Å²) in [5.74, 6) is -0.390. The summed E-state index contributed by atoms with van der Waals surface area (Å²) in [4.78, 5) is 17.4. The maximum atomic E-state index is 13.5. The third-order valence-electron chi connectivity index (χ3n) is 5.08. The molecule has 0 aliphatic rings. The van der Waals surface area contributed by atoms with Crippen molar-refractivity contribution in [1.29, 1.82) is 0 Å². The lowest BCUT2D eigenvalue weighted by Gasteiger charge is -2.09. The summed E-state index contributed by atoms with van der Waals surface area (Å²) in [5.41, 5.74) is 5.07. The van der Waals surface area contributed by atoms with Crippen LogP contribution in [0.1, 0.15) is 27.3 Å². The minimum absolute atomic E-state index is 0.00284. The van der Waals surface area contributed by atoms with Gasteiger partial charge in [-0.3, -0.25) is 4.79 Å². The van der Waals surface area contributed by atoms with E-state index in [4.69, 9.17) is 11.6 Å². The molecule has 0 fully saturated rings. The fourth-order valence-electron chi connectivity index (χ4n) is 3.18. The topological polar surface area (TPSA) is 59.8 Å². The van der Waals surface area contributed by atoms with Crippen LogP contribution in [-0.4, -0.2) is 20.7 Å². The number of benzene rings is 3. The molecule has 1 N–H and O–H groups in total. The molecule has 0 bridgehead atoms. The first-order valence-corrected chi connectivity index (χ1v) is 10.1. The van der Waals surface area contributed by atoms with E-state index in [9.17, 15) is 9.18 Å². The number of anilines is 1. The second-order valence-corrected chi connectivity index (χ2v) is 7.80. The number of aryl methyl sites for hydroxylation is 3. The summed E-state index contributed by atoms with van der Waals surface area (Å²) in [6, 6.07) is 16.9. The Bertz CT molecular complexity index is 1280. The quantitative estimate of drug-likeness (QED) is 0.434. The molecule has 31 heavy (non-hydrogen) atoms. The SMILES string of the molecule is Cc1ccc(NC(=O)c2nc(-c3ccc(F)cc3)n(-c3cc(Cl)ccc3C)n2)cc1C. The van der Waals surface area contributed by atoms with Crippen molar-refractivity contribution in [2.45, 2.75) is 20.8 Å². The van der Waals surface area contributed by atoms with Crippen molar-refractivity contribution in [2.75, 3.05) is 5.32 Å². The van der Waals surface area contributed by atoms with E-state index in [1.165, 1.54) is 12.1 Å². The van der Waals surface area contributed by atoms with Gasteiger partial charge in [0.25, 0.3) is 5.91 Å². The van der Waals surface area contributed by atoms with Gasteiger partial charge in [-0.25, -0.2) is 14.1 Å². The highest BCUT2D eigenvalue weighted by Crippen LogP contribution is 2.26. The van der Waals surface area contributed by atoms with Crippen molar-refractivity contribution in [3.63, 3.8) is 0 Å². The van der Waals surface area contributed by atoms with Crippen LogP contribution in [0, 0.1) is 26.6 Å². The Kier molecular flexibility index (Phi) is 5.57. The normalized spacial score (nSPS) is 10.9. The largest absolute Gasteiger partial charge is 0.319 e. The molecular weight excluding hydrogens is 415 g/mol. The van der Waals surface area contributed by atoms with Gasteiger partial charge in [0.2, 0.25) is 5.82 Å². The van der Waals surface area contributed by atoms with Gasteiger partial charge in [-0.15, -0.1) is 5.10 Å². The minimum Gasteiger partial charge on any atom is -0.319 e. The second-order valence-electron chi connectivity index (χ2n) is 7.36. The zero-order valence-corrected chi connectivity index (χ0v) is 18.0. The number of hydrogen-bond donors (Lipinski definition) is 1. The van der Waals surface area contributed by atoms with Gasteiger partial charge in [0.15, 0.2) is 5.82 Å². The van der Waals surface area contributed by atoms with Gasteiger partial charge in [-0.1, -0.05) is 23.7 Å². The van der Waals surface area contributed by atoms with Crippen molar-refractivity contribution in [2.24, 2.45) is 0 Å². The highest BCUT2D eigenvalue weighted by molar-refractivity contribution is 6.30. The summed E-state index contributed by atoms with van der Waals surface area (Å²) < 4.78 is 15.0. The molecule has 0 atom stereocenters. The Morgan fingerprint density at radius 3 is 2.35 bits per heavy atom. The Morgan fingerprint density at radius 1 is 0.935 bits per heavy atom. The van der Waals surface area contributed by atoms with E-state index in [1.54, 1.807) is 28.9 Å². The van der Waals surface area contributed by atoms with Gasteiger partial charge in [-0.2, -0.15) is 0 Å². The van der Waals surface area contributed by atoms with Crippen LogP contribution >= 0.6 is 11.6 Å². The molecule has 3 aromatic carbocycles. The molecule has 1 amide bonds. The van der Waals surface area contributed by atoms with Gasteiger partial charge >= 0.3 is 0 Å². The fourth-order valence-corrected chi connectivity index (χ4v) is 3.35. The number of rotatable bonds is 4. The van der Waals surface area contributed by atoms with E-state index in [1.807, 2.05) is 45.0 Å². The summed E-state index contributed by atoms with van der Waals surface area (Å²) in [5, 5.41) is 7.83. The molecule has 0 saturated carbocycles. The van der Waals surface area contributed by atoms with Gasteiger partial charge in [0.05, 0.1) is 5.69 Å². The Morgan fingerprint density at radius 2 is 1.65 bits per heavy atom. The number of nitrogens with one attached hydrogen (secondary N) is 1. The molecule has 156 valence electrons. The Labute approximate surface area is 184 Å². The van der Waals surface area contributed by atoms with Crippen LogP contribution in [0.3, 0.4) is 0 Å². The van der Waals surface area contributed by atoms with Crippen LogP contribution in [0.2, 0.25) is 5.02 Å². The van der Waals surface area contributed by atoms with Gasteiger partial charge in [0.1, 0.15) is 5.82 Å². The average Bonchev–Trinajstić information content (AvgIpc) is 3.18. The van der Waals surface area contributed by atoms with E-state index < -0.39 is 5.91 Å². The number of carbonyl (C=O) groups is 1. The molecule has 4 rings (SSSR count). The smallest absolute Gasteiger partial charge is 0.295 e. The third kappa shape index (κ3) is 4.34. The predicted molar refractivity (Wildman–Crippen MR) is 120 cm³/mol. The highest BCUT2D eigenvalue weighted by atomic mass is 35.5. The van der Waals surface area contributed by atoms with Crippen LogP contribution in [0.4, 0.5) is 10.1 Å². The Balaban J connectivity index is 1.78. The highest BCUT2D eigenvalue weighted by Gasteiger charge is 2.20. The lowest BCUT2D eigenvalue weighted by Crippen LogP contribution is -2.14. The van der Waals surface area contributed by atoms with Crippen LogP contribution in [0.5, 0.6) is 0 Å². The van der Waals surface area contributed by atoms with Crippen LogP contribution < -0.4 is 5.32 Å². The molecule has 0 radical (unpaired) electrons. The first-order valence-electron chi connectivity index (χ1n) is 9.70. The summed E-state index contributed by atoms with van der Waals surface area (Å²) in [7, 11) is 0. The minimum atomic E-state index is -0.440. The number of amides is 1. The zero-order valence-electron chi connectivity index (χ0n) is 17.3. The molecule has 0 spiro atoms. The number of nitrogens with zero attached hydrogens (tertiary/aromatic N) is 3. The lowest BCUT2D eigenvalue weighted by atomic mass is 10.1. The molecule has 0 saturated heterocycles. The molecule has 0 aliphatic heterocycles. The lowest BCUT2D eigenvalue weighted by molar-refractivity contribution is 0.101. The van der Waals surface area contributed by atoms with E-state index in [0.717, 1.165) is 16.7 Å². The number of aromatic nitrogens is 3. The molecule has 1 aromatic heterocycles. The van der Waals surface area contributed by atoms with Crippen molar-refractivity contribution in [3.8, 4) is 17.1 Å². The van der Waals surface area contributed by atoms with E-state index in [2.05, 4.69) is 15.4 Å². The number of halogens is 2. The standard InChI is InChI=1S/C24H20ClFN4O/c1-14-5-11-20(12-16(14)3)27-24(31)22-28-23(17-6-9-19(26)10-7-17)30(29-22)21-13-18(25)8-4-15(21)2/h4-13H,1-3H3,(H,27,31). The number of hydrogen-bond acceptors (Lipinski definition) is 3. The van der Waals surface area contributed by atoms with Crippen LogP contribution in [-0.2, 0) is 0 Å². The molecular formula is C24H20ClFN4O. The first-order chi connectivity index (χ1) is 14.8. The summed E-state index contributed by atoms with van der Waals surface area (Å²) in [6.07, 6.45) is 0. The van der Waals surface area contributed by atoms with Crippen LogP contribution in [0.25, 0.3) is 17.1 Å². The fraction of sp³-hybridized carbons (Fsp3) is 0.125. The molecule has 1 heterocycles. The third-order valence-corrected chi connectivity index (χ3v) is 5.31. The second kappa shape index (κ2) is 8.32. The van der Waals surface area contributed by atoms with E-state index in [-0.39, 0.29) is 11.6 Å². The van der Waals surface area contributed by atoms with Crippen molar-refractivity contribution < 1.29 is 9.18 Å². The van der Waals surface area contributed by atoms with Crippen molar-refractivity contribution in [1.82, 2.24) is 14.8 Å². The summed E-state index contributed by atoms with van der Waals surface area (Å²) in [6.45, 7) is 5.90. The monoisotopic (exact) mass is 434 g/mol. The Hall–Kier alpha value is -3.51. The number of carbonyl (C=O) groups excluding carboxylic acids is 1. The van der Waals surface area contributed by atoms with Crippen molar-refractivity contribution >= 4 is 23.2 Å². The van der Waals surface area contributed by atoms with Crippen molar-refractivity contribution in [3.05, 3.63) is 94.0 Å². The molecule has 4 aromatic rings. The molecule has 0 unspecified atom stereocenters. The maximum absolute atomic E-state index is 13.5. The maximum Gasteiger partial charge on any atom is 0.295 e.